The topological polar surface area (TPSA) is 180 Å². The number of nitrogens with one attached hydrogen (secondary N) is 2. The normalized spacial score (nSPS) is 17.4. The van der Waals surface area contributed by atoms with Gasteiger partial charge in [0, 0.05) is 17.6 Å². The van der Waals surface area contributed by atoms with Crippen LogP contribution in [0.25, 0.3) is 10.8 Å². The van der Waals surface area contributed by atoms with Crippen LogP contribution in [0, 0.1) is 10.1 Å². The summed E-state index contributed by atoms with van der Waals surface area (Å²) in [6.07, 6.45) is 0.200. The van der Waals surface area contributed by atoms with Gasteiger partial charge in [0.05, 0.1) is 18.0 Å². The fraction of sp³-hybridized carbons (Fsp3) is 0.435. The van der Waals surface area contributed by atoms with Gasteiger partial charge in [-0.05, 0) is 62.2 Å². The number of rotatable bonds is 10. The summed E-state index contributed by atoms with van der Waals surface area (Å²) in [5, 5.41) is 17.7. The molecule has 0 radical (unpaired) electrons. The van der Waals surface area contributed by atoms with E-state index in [1.165, 1.54) is 21.9 Å². The lowest BCUT2D eigenvalue weighted by Crippen LogP contribution is -2.53. The third kappa shape index (κ3) is 6.49. The quantitative estimate of drug-likeness (QED) is 0.0952. The first-order valence-corrected chi connectivity index (χ1v) is 13.7. The van der Waals surface area contributed by atoms with Crippen LogP contribution in [0.5, 0.6) is 0 Å². The molecular weight excluding hydrogens is 538 g/mol. The summed E-state index contributed by atoms with van der Waals surface area (Å²) in [5.74, 6) is -1.37. The van der Waals surface area contributed by atoms with E-state index in [1.807, 2.05) is 0 Å². The van der Waals surface area contributed by atoms with Crippen LogP contribution < -0.4 is 15.8 Å². The van der Waals surface area contributed by atoms with Crippen molar-refractivity contribution < 1.29 is 22.9 Å². The van der Waals surface area contributed by atoms with Crippen molar-refractivity contribution >= 4 is 50.2 Å². The van der Waals surface area contributed by atoms with Gasteiger partial charge >= 0.3 is 5.96 Å². The van der Waals surface area contributed by atoms with Gasteiger partial charge in [0.15, 0.2) is 0 Å². The van der Waals surface area contributed by atoms with E-state index in [0.717, 1.165) is 5.39 Å². The lowest BCUT2D eigenvalue weighted by molar-refractivity contribution is -0.468. The van der Waals surface area contributed by atoms with E-state index in [2.05, 4.69) is 15.3 Å². The number of guanidine groups is 1. The summed E-state index contributed by atoms with van der Waals surface area (Å²) in [5.41, 5.74) is 5.39. The molecule has 0 saturated carbocycles. The number of hydrogen-bond donors (Lipinski definition) is 3. The number of likely N-dealkylation sites (tertiary alicyclic amines) is 1. The Morgan fingerprint density at radius 3 is 2.58 bits per heavy atom. The van der Waals surface area contributed by atoms with Gasteiger partial charge < -0.3 is 15.0 Å². The van der Waals surface area contributed by atoms with Crippen LogP contribution in [-0.4, -0.2) is 78.6 Å². The number of carbonyl (C=O) groups is 2. The van der Waals surface area contributed by atoms with Gasteiger partial charge in [0.1, 0.15) is 17.4 Å². The second kappa shape index (κ2) is 11.9. The van der Waals surface area contributed by atoms with Crippen LogP contribution in [0.4, 0.5) is 0 Å². The molecule has 0 aliphatic carbocycles. The van der Waals surface area contributed by atoms with E-state index in [9.17, 15) is 28.1 Å². The van der Waals surface area contributed by atoms with E-state index in [1.54, 1.807) is 45.0 Å². The Balaban J connectivity index is 1.67. The number of halogens is 1. The Labute approximate surface area is 225 Å². The fourth-order valence-corrected chi connectivity index (χ4v) is 5.66. The minimum Gasteiger partial charge on any atom is -0.719 e. The van der Waals surface area contributed by atoms with Gasteiger partial charge in [-0.3, -0.25) is 20.6 Å². The standard InChI is InChI=1S/C23H30ClN7O6S/c1-14(2)29(11-9-26-23(25)31(35)28-34)21(32)15(3)30-10-8-20(22(30)33)27-38(36,37)19-7-5-16-12-18(24)6-4-17(16)13-19/h4-7,12-15,20,26-27H,8-11,25H2,1-3H3/b31-23-/t15-,20-/m0/s1. The number of nitroso groups, excluding NO2 is 1. The molecule has 2 amide bonds. The van der Waals surface area contributed by atoms with Crippen molar-refractivity contribution in [1.82, 2.24) is 19.8 Å². The molecular formula is C23H30ClN7O6S. The lowest BCUT2D eigenvalue weighted by Gasteiger charge is -2.33. The first-order valence-electron chi connectivity index (χ1n) is 11.8. The van der Waals surface area contributed by atoms with Gasteiger partial charge in [-0.25, -0.2) is 8.42 Å². The SMILES string of the molecule is CC(C)N(CCN/C(N)=[N+](\[O-])N=O)C(=O)[C@H](C)N1CC[C@H](NS(=O)(=O)c2ccc3cc(Cl)ccc3c2)C1=O. The summed E-state index contributed by atoms with van der Waals surface area (Å²) >= 11 is 5.99. The molecule has 2 aromatic rings. The van der Waals surface area contributed by atoms with Crippen molar-refractivity contribution in [2.45, 2.75) is 50.2 Å². The molecule has 0 unspecified atom stereocenters. The Bertz CT molecular complexity index is 1370. The third-order valence-electron chi connectivity index (χ3n) is 6.29. The second-order valence-corrected chi connectivity index (χ2v) is 11.3. The van der Waals surface area contributed by atoms with Crippen LogP contribution in [-0.2, 0) is 19.6 Å². The maximum absolute atomic E-state index is 13.2. The van der Waals surface area contributed by atoms with Crippen LogP contribution in [0.2, 0.25) is 5.02 Å². The molecule has 2 aromatic carbocycles. The molecule has 1 aliphatic rings. The monoisotopic (exact) mass is 567 g/mol. The molecule has 1 saturated heterocycles. The molecule has 13 nitrogen and oxygen atoms in total. The number of amides is 2. The maximum Gasteiger partial charge on any atom is 0.371 e. The van der Waals surface area contributed by atoms with E-state index < -0.39 is 34.0 Å². The third-order valence-corrected chi connectivity index (χ3v) is 8.00. The number of sulfonamides is 1. The average Bonchev–Trinajstić information content (AvgIpc) is 3.23. The molecule has 0 aromatic heterocycles. The number of hydrogen-bond acceptors (Lipinski definition) is 7. The van der Waals surface area contributed by atoms with Gasteiger partial charge in [-0.15, -0.1) is 9.75 Å². The molecule has 15 heteroatoms. The number of fused-ring (bicyclic) bond motifs is 1. The molecule has 0 bridgehead atoms. The molecule has 0 spiro atoms. The highest BCUT2D eigenvalue weighted by atomic mass is 35.5. The molecule has 1 aliphatic heterocycles. The summed E-state index contributed by atoms with van der Waals surface area (Å²) in [4.78, 5) is 39.1. The van der Waals surface area contributed by atoms with Crippen LogP contribution in [0.15, 0.2) is 46.6 Å². The summed E-state index contributed by atoms with van der Waals surface area (Å²) in [6, 6.07) is 7.56. The van der Waals surface area contributed by atoms with Gasteiger partial charge in [-0.2, -0.15) is 4.72 Å². The zero-order valence-corrected chi connectivity index (χ0v) is 22.7. The molecule has 1 heterocycles. The van der Waals surface area contributed by atoms with Gasteiger partial charge in [-0.1, -0.05) is 23.7 Å². The van der Waals surface area contributed by atoms with Gasteiger partial charge in [0.2, 0.25) is 21.8 Å². The number of carbonyl (C=O) groups excluding carboxylic acids is 2. The van der Waals surface area contributed by atoms with Gasteiger partial charge in [0.25, 0.3) is 0 Å². The first-order chi connectivity index (χ1) is 17.9. The molecule has 1 fully saturated rings. The van der Waals surface area contributed by atoms with Crippen molar-refractivity contribution in [3.05, 3.63) is 51.5 Å². The van der Waals surface area contributed by atoms with E-state index in [4.69, 9.17) is 17.3 Å². The number of benzene rings is 2. The lowest BCUT2D eigenvalue weighted by atomic mass is 10.1. The van der Waals surface area contributed by atoms with E-state index >= 15 is 0 Å². The zero-order valence-electron chi connectivity index (χ0n) is 21.1. The van der Waals surface area contributed by atoms with Crippen LogP contribution in [0.1, 0.15) is 27.2 Å². The smallest absolute Gasteiger partial charge is 0.371 e. The van der Waals surface area contributed by atoms with Crippen LogP contribution in [0.3, 0.4) is 0 Å². The molecule has 2 atom stereocenters. The highest BCUT2D eigenvalue weighted by Crippen LogP contribution is 2.24. The highest BCUT2D eigenvalue weighted by molar-refractivity contribution is 7.89. The second-order valence-electron chi connectivity index (χ2n) is 9.12. The van der Waals surface area contributed by atoms with Crippen molar-refractivity contribution in [1.29, 1.82) is 0 Å². The molecule has 3 rings (SSSR count). The van der Waals surface area contributed by atoms with Crippen molar-refractivity contribution in [3.63, 3.8) is 0 Å². The summed E-state index contributed by atoms with van der Waals surface area (Å²) in [7, 11) is -4.01. The minimum atomic E-state index is -4.01. The van der Waals surface area contributed by atoms with E-state index in [0.29, 0.717) is 10.4 Å². The fourth-order valence-electron chi connectivity index (χ4n) is 4.23. The largest absolute Gasteiger partial charge is 0.719 e. The van der Waals surface area contributed by atoms with E-state index in [-0.39, 0.29) is 47.7 Å². The van der Waals surface area contributed by atoms with Crippen LogP contribution >= 0.6 is 11.6 Å². The Morgan fingerprint density at radius 2 is 1.92 bits per heavy atom. The number of nitrogens with two attached hydrogens (primary N) is 1. The highest BCUT2D eigenvalue weighted by Gasteiger charge is 2.40. The summed E-state index contributed by atoms with van der Waals surface area (Å²) in [6.45, 7) is 5.51. The van der Waals surface area contributed by atoms with Crippen molar-refractivity contribution in [2.24, 2.45) is 11.0 Å². The Kier molecular flexibility index (Phi) is 9.12. The first kappa shape index (κ1) is 29.1. The predicted octanol–water partition coefficient (Wildman–Crippen LogP) is 1.09. The average molecular weight is 568 g/mol. The van der Waals surface area contributed by atoms with Crippen molar-refractivity contribution in [2.75, 3.05) is 19.6 Å². The molecule has 38 heavy (non-hydrogen) atoms. The van der Waals surface area contributed by atoms with Crippen molar-refractivity contribution in [3.8, 4) is 0 Å². The zero-order chi connectivity index (χ0) is 28.2. The summed E-state index contributed by atoms with van der Waals surface area (Å²) < 4.78 is 28.6. The predicted molar refractivity (Wildman–Crippen MR) is 142 cm³/mol. The molecule has 4 N–H and O–H groups in total. The molecule has 206 valence electrons. The maximum atomic E-state index is 13.2. The minimum absolute atomic E-state index is 0.0127. The Morgan fingerprint density at radius 1 is 1.26 bits per heavy atom. The number of nitrogens with zero attached hydrogens (tertiary/aromatic N) is 4. The Hall–Kier alpha value is -3.49.